The van der Waals surface area contributed by atoms with Crippen molar-refractivity contribution < 1.29 is 17.6 Å². The Bertz CT molecular complexity index is 1350. The van der Waals surface area contributed by atoms with Crippen LogP contribution in [0.4, 0.5) is 4.39 Å². The summed E-state index contributed by atoms with van der Waals surface area (Å²) in [4.78, 5) is 20.5. The van der Waals surface area contributed by atoms with E-state index in [-0.39, 0.29) is 16.8 Å². The first-order chi connectivity index (χ1) is 16.3. The van der Waals surface area contributed by atoms with E-state index in [2.05, 4.69) is 4.72 Å². The van der Waals surface area contributed by atoms with Crippen molar-refractivity contribution in [1.82, 2.24) is 14.6 Å². The molecule has 1 aliphatic heterocycles. The molecule has 0 spiro atoms. The number of fused-ring (bicyclic) bond motifs is 2. The molecule has 34 heavy (non-hydrogen) atoms. The Kier molecular flexibility index (Phi) is 6.12. The van der Waals surface area contributed by atoms with Gasteiger partial charge in [0.05, 0.1) is 16.0 Å². The first kappa shape index (κ1) is 22.9. The topological polar surface area (TPSA) is 79.4 Å². The smallest absolute Gasteiger partial charge is 0.254 e. The highest BCUT2D eigenvalue weighted by molar-refractivity contribution is 7.89. The van der Waals surface area contributed by atoms with E-state index in [1.54, 1.807) is 0 Å². The van der Waals surface area contributed by atoms with Gasteiger partial charge in [0.15, 0.2) is 0 Å². The van der Waals surface area contributed by atoms with Crippen molar-refractivity contribution >= 4 is 26.8 Å². The zero-order valence-corrected chi connectivity index (χ0v) is 20.0. The Morgan fingerprint density at radius 2 is 1.76 bits per heavy atom. The quantitative estimate of drug-likeness (QED) is 0.607. The molecule has 1 aromatic heterocycles. The lowest BCUT2D eigenvalue weighted by atomic mass is 9.88. The second-order valence-corrected chi connectivity index (χ2v) is 11.0. The number of pyridine rings is 1. The number of hydrogen-bond acceptors (Lipinski definition) is 4. The first-order valence-electron chi connectivity index (χ1n) is 11.8. The van der Waals surface area contributed by atoms with Crippen LogP contribution in [0, 0.1) is 12.7 Å². The number of carbonyl (C=O) groups excluding carboxylic acids is 1. The summed E-state index contributed by atoms with van der Waals surface area (Å²) < 4.78 is 41.2. The van der Waals surface area contributed by atoms with Gasteiger partial charge >= 0.3 is 0 Å². The summed E-state index contributed by atoms with van der Waals surface area (Å²) in [5, 5.41) is 0.907. The third kappa shape index (κ3) is 4.44. The van der Waals surface area contributed by atoms with Gasteiger partial charge in [0.1, 0.15) is 5.82 Å². The largest absolute Gasteiger partial charge is 0.339 e. The van der Waals surface area contributed by atoms with Crippen molar-refractivity contribution in [3.63, 3.8) is 0 Å². The molecule has 178 valence electrons. The number of aromatic nitrogens is 1. The number of nitrogens with zero attached hydrogens (tertiary/aromatic N) is 2. The molecule has 8 heteroatoms. The number of sulfonamides is 1. The van der Waals surface area contributed by atoms with Gasteiger partial charge in [-0.05, 0) is 87.4 Å². The number of likely N-dealkylation sites (tertiary alicyclic amines) is 1. The van der Waals surface area contributed by atoms with Crippen molar-refractivity contribution in [2.24, 2.45) is 0 Å². The number of amides is 1. The summed E-state index contributed by atoms with van der Waals surface area (Å²) in [6, 6.07) is 10.6. The number of piperidine rings is 1. The fourth-order valence-electron chi connectivity index (χ4n) is 5.04. The maximum Gasteiger partial charge on any atom is 0.254 e. The van der Waals surface area contributed by atoms with E-state index in [0.29, 0.717) is 25.9 Å². The van der Waals surface area contributed by atoms with Crippen LogP contribution in [-0.4, -0.2) is 43.3 Å². The molecule has 2 aliphatic rings. The average molecular weight is 482 g/mol. The monoisotopic (exact) mass is 481 g/mol. The third-order valence-electron chi connectivity index (χ3n) is 6.86. The second kappa shape index (κ2) is 9.07. The van der Waals surface area contributed by atoms with E-state index in [4.69, 9.17) is 4.98 Å². The number of hydrogen-bond donors (Lipinski definition) is 1. The minimum absolute atomic E-state index is 0.0102. The van der Waals surface area contributed by atoms with E-state index >= 15 is 0 Å². The van der Waals surface area contributed by atoms with E-state index in [1.165, 1.54) is 12.1 Å². The van der Waals surface area contributed by atoms with Gasteiger partial charge in [-0.3, -0.25) is 9.78 Å². The first-order valence-corrected chi connectivity index (χ1v) is 13.3. The molecule has 1 N–H and O–H groups in total. The standard InChI is InChI=1S/C26H28FN3O3S/c1-17-6-11-24-22(16-17)25(21-4-2-3-5-23(21)28-24)26(31)30-14-12-19(13-15-30)29-34(32,33)20-9-7-18(27)8-10-20/h6-11,16,19,29H,2-5,12-15H2,1H3. The summed E-state index contributed by atoms with van der Waals surface area (Å²) in [6.07, 6.45) is 4.95. The van der Waals surface area contributed by atoms with Crippen LogP contribution < -0.4 is 4.72 Å². The van der Waals surface area contributed by atoms with Crippen LogP contribution in [0.25, 0.3) is 10.9 Å². The molecule has 3 aromatic rings. The van der Waals surface area contributed by atoms with Crippen LogP contribution in [0.3, 0.4) is 0 Å². The number of nitrogens with one attached hydrogen (secondary N) is 1. The third-order valence-corrected chi connectivity index (χ3v) is 8.40. The predicted molar refractivity (Wildman–Crippen MR) is 129 cm³/mol. The lowest BCUT2D eigenvalue weighted by Crippen LogP contribution is -2.46. The van der Waals surface area contributed by atoms with Gasteiger partial charge in [0, 0.05) is 30.2 Å². The Labute approximate surface area is 199 Å². The summed E-state index contributed by atoms with van der Waals surface area (Å²) >= 11 is 0. The lowest BCUT2D eigenvalue weighted by Gasteiger charge is -2.33. The van der Waals surface area contributed by atoms with Crippen molar-refractivity contribution in [2.45, 2.75) is 56.4 Å². The molecule has 1 fully saturated rings. The number of halogens is 1. The fraction of sp³-hybridized carbons (Fsp3) is 0.385. The lowest BCUT2D eigenvalue weighted by molar-refractivity contribution is 0.0712. The highest BCUT2D eigenvalue weighted by atomic mass is 32.2. The predicted octanol–water partition coefficient (Wildman–Crippen LogP) is 4.14. The van der Waals surface area contributed by atoms with Gasteiger partial charge in [0.25, 0.3) is 5.91 Å². The number of aryl methyl sites for hydroxylation is 2. The Balaban J connectivity index is 1.35. The maximum atomic E-state index is 13.8. The summed E-state index contributed by atoms with van der Waals surface area (Å²) in [5.41, 5.74) is 4.83. The van der Waals surface area contributed by atoms with Gasteiger partial charge in [-0.2, -0.15) is 0 Å². The molecule has 1 amide bonds. The van der Waals surface area contributed by atoms with E-state index in [0.717, 1.165) is 71.1 Å². The molecule has 2 aromatic carbocycles. The van der Waals surface area contributed by atoms with Crippen LogP contribution in [-0.2, 0) is 22.9 Å². The molecule has 0 radical (unpaired) electrons. The molecule has 1 saturated heterocycles. The van der Waals surface area contributed by atoms with Gasteiger partial charge in [0.2, 0.25) is 10.0 Å². The summed E-state index contributed by atoms with van der Waals surface area (Å²) in [7, 11) is -3.74. The molecule has 0 unspecified atom stereocenters. The Morgan fingerprint density at radius 1 is 1.06 bits per heavy atom. The van der Waals surface area contributed by atoms with E-state index in [1.807, 2.05) is 30.0 Å². The maximum absolute atomic E-state index is 13.8. The highest BCUT2D eigenvalue weighted by Gasteiger charge is 2.30. The number of carbonyl (C=O) groups is 1. The zero-order valence-electron chi connectivity index (χ0n) is 19.2. The molecule has 6 nitrogen and oxygen atoms in total. The van der Waals surface area contributed by atoms with Gasteiger partial charge in [-0.1, -0.05) is 11.6 Å². The zero-order chi connectivity index (χ0) is 23.9. The van der Waals surface area contributed by atoms with Crippen LogP contribution >= 0.6 is 0 Å². The Hall–Kier alpha value is -2.84. The molecular formula is C26H28FN3O3S. The van der Waals surface area contributed by atoms with Crippen molar-refractivity contribution in [3.8, 4) is 0 Å². The van der Waals surface area contributed by atoms with Crippen molar-refractivity contribution in [1.29, 1.82) is 0 Å². The minimum Gasteiger partial charge on any atom is -0.339 e. The van der Waals surface area contributed by atoms with Crippen LogP contribution in [0.5, 0.6) is 0 Å². The molecule has 0 bridgehead atoms. The minimum atomic E-state index is -3.74. The molecular weight excluding hydrogens is 453 g/mol. The second-order valence-electron chi connectivity index (χ2n) is 9.28. The molecule has 1 aliphatic carbocycles. The molecule has 0 atom stereocenters. The average Bonchev–Trinajstić information content (AvgIpc) is 2.83. The highest BCUT2D eigenvalue weighted by Crippen LogP contribution is 2.31. The van der Waals surface area contributed by atoms with Crippen LogP contribution in [0.15, 0.2) is 47.4 Å². The van der Waals surface area contributed by atoms with Gasteiger partial charge in [-0.15, -0.1) is 0 Å². The fourth-order valence-corrected chi connectivity index (χ4v) is 6.35. The van der Waals surface area contributed by atoms with Gasteiger partial charge in [-0.25, -0.2) is 17.5 Å². The van der Waals surface area contributed by atoms with Gasteiger partial charge < -0.3 is 4.90 Å². The SMILES string of the molecule is Cc1ccc2nc3c(c(C(=O)N4CCC(NS(=O)(=O)c5ccc(F)cc5)CC4)c2c1)CCCC3. The molecule has 0 saturated carbocycles. The summed E-state index contributed by atoms with van der Waals surface area (Å²) in [5.74, 6) is -0.470. The molecule has 2 heterocycles. The number of rotatable bonds is 4. The Morgan fingerprint density at radius 3 is 2.50 bits per heavy atom. The number of benzene rings is 2. The summed E-state index contributed by atoms with van der Waals surface area (Å²) in [6.45, 7) is 2.96. The molecule has 5 rings (SSSR count). The van der Waals surface area contributed by atoms with E-state index < -0.39 is 15.8 Å². The van der Waals surface area contributed by atoms with Crippen molar-refractivity contribution in [2.75, 3.05) is 13.1 Å². The van der Waals surface area contributed by atoms with Crippen LogP contribution in [0.1, 0.15) is 52.9 Å². The van der Waals surface area contributed by atoms with Crippen molar-refractivity contribution in [3.05, 3.63) is 70.7 Å². The normalized spacial score (nSPS) is 17.1. The van der Waals surface area contributed by atoms with E-state index in [9.17, 15) is 17.6 Å². The van der Waals surface area contributed by atoms with Crippen LogP contribution in [0.2, 0.25) is 0 Å².